The summed E-state index contributed by atoms with van der Waals surface area (Å²) in [5.74, 6) is 0.978. The molecule has 7 rings (SSSR count). The Kier molecular flexibility index (Phi) is 7.04. The Bertz CT molecular complexity index is 1390. The zero-order valence-electron chi connectivity index (χ0n) is 23.4. The maximum atomic E-state index is 14.8. The smallest absolute Gasteiger partial charge is 0.254 e. The van der Waals surface area contributed by atoms with E-state index >= 15 is 0 Å². The lowest BCUT2D eigenvalue weighted by Gasteiger charge is -2.40. The SMILES string of the molecule is C[C@@H]1[C@H](NC(=O)c2ccc(C3CC3)cc2F)CCCN1c1cnc(C2OC2N)c(NC2NC3=C(CN(C)CC3)S2)n1. The molecule has 1 aromatic heterocycles. The third kappa shape index (κ3) is 5.50. The van der Waals surface area contributed by atoms with Crippen LogP contribution < -0.4 is 26.6 Å². The highest BCUT2D eigenvalue weighted by molar-refractivity contribution is 8.04. The molecular formula is C29H37FN8O2S. The molecule has 1 aliphatic carbocycles. The zero-order valence-corrected chi connectivity index (χ0v) is 24.2. The summed E-state index contributed by atoms with van der Waals surface area (Å²) in [4.78, 5) is 28.7. The van der Waals surface area contributed by atoms with E-state index in [1.165, 1.54) is 16.7 Å². The van der Waals surface area contributed by atoms with Gasteiger partial charge in [-0.25, -0.2) is 9.37 Å². The van der Waals surface area contributed by atoms with Crippen molar-refractivity contribution in [2.75, 3.05) is 36.9 Å². The number of likely N-dealkylation sites (N-methyl/N-ethyl adjacent to an activating group) is 1. The number of piperidine rings is 1. The number of carbonyl (C=O) groups is 1. The van der Waals surface area contributed by atoms with Crippen molar-refractivity contribution < 1.29 is 13.9 Å². The molecule has 3 fully saturated rings. The molecule has 5 N–H and O–H groups in total. The van der Waals surface area contributed by atoms with Crippen LogP contribution in [0.2, 0.25) is 0 Å². The number of nitrogens with zero attached hydrogens (tertiary/aromatic N) is 4. The van der Waals surface area contributed by atoms with Crippen LogP contribution in [0.1, 0.15) is 72.7 Å². The maximum Gasteiger partial charge on any atom is 0.254 e. The minimum atomic E-state index is -0.453. The molecule has 41 heavy (non-hydrogen) atoms. The number of amides is 1. The molecule has 5 heterocycles. The molecule has 1 aromatic carbocycles. The second-order valence-corrected chi connectivity index (χ2v) is 13.0. The van der Waals surface area contributed by atoms with Gasteiger partial charge in [-0.1, -0.05) is 17.8 Å². The van der Waals surface area contributed by atoms with Gasteiger partial charge >= 0.3 is 0 Å². The molecule has 10 nitrogen and oxygen atoms in total. The van der Waals surface area contributed by atoms with Crippen LogP contribution in [-0.4, -0.2) is 71.3 Å². The number of rotatable bonds is 7. The first-order chi connectivity index (χ1) is 19.8. The Morgan fingerprint density at radius 1 is 1.27 bits per heavy atom. The molecule has 218 valence electrons. The molecule has 2 aromatic rings. The van der Waals surface area contributed by atoms with Crippen LogP contribution in [0.15, 0.2) is 35.0 Å². The number of nitrogens with one attached hydrogen (secondary N) is 3. The average Bonchev–Trinajstić information content (AvgIpc) is 3.88. The molecule has 2 saturated heterocycles. The number of thioether (sulfide) groups is 1. The van der Waals surface area contributed by atoms with Crippen molar-refractivity contribution in [1.82, 2.24) is 25.5 Å². The van der Waals surface area contributed by atoms with Gasteiger partial charge in [0.25, 0.3) is 5.91 Å². The number of aromatic nitrogens is 2. The Labute approximate surface area is 243 Å². The highest BCUT2D eigenvalue weighted by Gasteiger charge is 2.42. The van der Waals surface area contributed by atoms with E-state index in [-0.39, 0.29) is 41.4 Å². The summed E-state index contributed by atoms with van der Waals surface area (Å²) in [6.07, 6.45) is 5.95. The number of ether oxygens (including phenoxy) is 1. The number of epoxide rings is 1. The standard InChI is InChI=1S/C29H37FN8O2S/c1-15-20(33-28(39)18-8-7-17(12-19(18)30)16-5-6-16)4-3-10-38(15)23-13-32-24(25-26(31)40-25)27(35-23)36-29-34-21-9-11-37(2)14-22(21)41-29/h7-8,12-13,15-16,20,25-26,29,34H,3-6,9-11,14,31H2,1-2H3,(H,33,39)(H,35,36)/t15-,20-,25?,26?,29?/m1/s1. The van der Waals surface area contributed by atoms with Gasteiger partial charge in [0, 0.05) is 48.7 Å². The van der Waals surface area contributed by atoms with E-state index in [2.05, 4.69) is 39.7 Å². The largest absolute Gasteiger partial charge is 0.359 e. The Hall–Kier alpha value is -2.93. The first kappa shape index (κ1) is 26.9. The summed E-state index contributed by atoms with van der Waals surface area (Å²) in [6.45, 7) is 4.83. The second-order valence-electron chi connectivity index (χ2n) is 11.8. The molecule has 0 radical (unpaired) electrons. The van der Waals surface area contributed by atoms with Gasteiger partial charge in [-0.05, 0) is 63.3 Å². The molecule has 0 spiro atoms. The summed E-state index contributed by atoms with van der Waals surface area (Å²) in [7, 11) is 2.14. The molecule has 12 heteroatoms. The van der Waals surface area contributed by atoms with E-state index in [0.29, 0.717) is 17.4 Å². The van der Waals surface area contributed by atoms with Crippen molar-refractivity contribution >= 4 is 29.3 Å². The van der Waals surface area contributed by atoms with Crippen molar-refractivity contribution in [3.05, 3.63) is 57.6 Å². The summed E-state index contributed by atoms with van der Waals surface area (Å²) >= 11 is 1.77. The molecule has 3 unspecified atom stereocenters. The van der Waals surface area contributed by atoms with Gasteiger partial charge in [-0.3, -0.25) is 9.78 Å². The van der Waals surface area contributed by atoms with Crippen LogP contribution in [-0.2, 0) is 4.74 Å². The van der Waals surface area contributed by atoms with Crippen LogP contribution in [0, 0.1) is 5.82 Å². The van der Waals surface area contributed by atoms with Crippen molar-refractivity contribution in [1.29, 1.82) is 0 Å². The van der Waals surface area contributed by atoms with Crippen LogP contribution >= 0.6 is 11.8 Å². The summed E-state index contributed by atoms with van der Waals surface area (Å²) in [6, 6.07) is 4.81. The van der Waals surface area contributed by atoms with Gasteiger partial charge in [0.1, 0.15) is 29.7 Å². The van der Waals surface area contributed by atoms with E-state index in [0.717, 1.165) is 63.1 Å². The number of halogens is 1. The molecule has 5 aliphatic rings. The topological polar surface area (TPSA) is 124 Å². The Balaban J connectivity index is 1.07. The van der Waals surface area contributed by atoms with Gasteiger partial charge in [0.15, 0.2) is 11.3 Å². The first-order valence-corrected chi connectivity index (χ1v) is 15.5. The lowest BCUT2D eigenvalue weighted by molar-refractivity contribution is 0.0920. The number of carbonyl (C=O) groups excluding carboxylic acids is 1. The lowest BCUT2D eigenvalue weighted by atomic mass is 9.96. The zero-order chi connectivity index (χ0) is 28.2. The number of benzene rings is 1. The van der Waals surface area contributed by atoms with Gasteiger partial charge in [-0.2, -0.15) is 0 Å². The summed E-state index contributed by atoms with van der Waals surface area (Å²) in [5, 5.41) is 10.2. The average molecular weight is 581 g/mol. The molecular weight excluding hydrogens is 543 g/mol. The van der Waals surface area contributed by atoms with Crippen LogP contribution in [0.4, 0.5) is 16.0 Å². The monoisotopic (exact) mass is 580 g/mol. The minimum Gasteiger partial charge on any atom is -0.359 e. The fourth-order valence-corrected chi connectivity index (χ4v) is 7.37. The van der Waals surface area contributed by atoms with Gasteiger partial charge < -0.3 is 36.2 Å². The summed E-state index contributed by atoms with van der Waals surface area (Å²) < 4.78 is 20.4. The fraction of sp³-hybridized carbons (Fsp3) is 0.552. The van der Waals surface area contributed by atoms with Gasteiger partial charge in [-0.15, -0.1) is 0 Å². The predicted octanol–water partition coefficient (Wildman–Crippen LogP) is 3.22. The Morgan fingerprint density at radius 2 is 2.10 bits per heavy atom. The molecule has 1 amide bonds. The molecule has 5 atom stereocenters. The van der Waals surface area contributed by atoms with Crippen LogP contribution in [0.25, 0.3) is 0 Å². The number of hydrogen-bond donors (Lipinski definition) is 4. The molecule has 4 aliphatic heterocycles. The fourth-order valence-electron chi connectivity index (χ4n) is 6.12. The Morgan fingerprint density at radius 3 is 2.85 bits per heavy atom. The van der Waals surface area contributed by atoms with E-state index in [4.69, 9.17) is 20.4 Å². The number of anilines is 2. The van der Waals surface area contributed by atoms with Crippen molar-refractivity contribution in [3.8, 4) is 0 Å². The molecule has 0 bridgehead atoms. The number of nitrogens with two attached hydrogens (primary N) is 1. The van der Waals surface area contributed by atoms with E-state index in [1.54, 1.807) is 24.0 Å². The van der Waals surface area contributed by atoms with Crippen molar-refractivity contribution in [2.24, 2.45) is 5.73 Å². The molecule has 1 saturated carbocycles. The van der Waals surface area contributed by atoms with E-state index < -0.39 is 5.82 Å². The van der Waals surface area contributed by atoms with Gasteiger partial charge in [0.05, 0.1) is 11.8 Å². The van der Waals surface area contributed by atoms with E-state index in [1.807, 2.05) is 6.07 Å². The summed E-state index contributed by atoms with van der Waals surface area (Å²) in [5.41, 5.74) is 9.02. The minimum absolute atomic E-state index is 0.0579. The second kappa shape index (κ2) is 10.7. The predicted molar refractivity (Wildman–Crippen MR) is 157 cm³/mol. The quantitative estimate of drug-likeness (QED) is 0.363. The first-order valence-electron chi connectivity index (χ1n) is 14.6. The van der Waals surface area contributed by atoms with E-state index in [9.17, 15) is 9.18 Å². The van der Waals surface area contributed by atoms with Crippen molar-refractivity contribution in [3.63, 3.8) is 0 Å². The highest BCUT2D eigenvalue weighted by atomic mass is 32.2. The lowest BCUT2D eigenvalue weighted by Crippen LogP contribution is -2.54. The third-order valence-electron chi connectivity index (χ3n) is 8.80. The van der Waals surface area contributed by atoms with Crippen LogP contribution in [0.3, 0.4) is 0 Å². The van der Waals surface area contributed by atoms with Gasteiger partial charge in [0.2, 0.25) is 0 Å². The normalized spacial score (nSPS) is 29.7. The number of hydrogen-bond acceptors (Lipinski definition) is 10. The highest BCUT2D eigenvalue weighted by Crippen LogP contribution is 2.41. The van der Waals surface area contributed by atoms with Crippen molar-refractivity contribution in [2.45, 2.75) is 74.9 Å². The maximum absolute atomic E-state index is 14.8. The third-order valence-corrected chi connectivity index (χ3v) is 9.93. The van der Waals surface area contributed by atoms with Crippen LogP contribution in [0.5, 0.6) is 0 Å².